The Kier molecular flexibility index (Phi) is 5.85. The van der Waals surface area contributed by atoms with Crippen LogP contribution in [0.5, 0.6) is 5.75 Å². The number of rotatable bonds is 5. The molecule has 1 atom stereocenters. The maximum absolute atomic E-state index is 12.1. The highest BCUT2D eigenvalue weighted by atomic mass is 16.5. The lowest BCUT2D eigenvalue weighted by molar-refractivity contribution is -0.132. The van der Waals surface area contributed by atoms with Crippen LogP contribution >= 0.6 is 0 Å². The van der Waals surface area contributed by atoms with Crippen molar-refractivity contribution in [1.29, 1.82) is 5.26 Å². The Labute approximate surface area is 144 Å². The van der Waals surface area contributed by atoms with Crippen LogP contribution in [0.25, 0.3) is 0 Å². The second-order valence-corrected chi connectivity index (χ2v) is 4.92. The smallest absolute Gasteiger partial charge is 0.355 e. The third kappa shape index (κ3) is 4.20. The van der Waals surface area contributed by atoms with E-state index in [1.165, 1.54) is 12.1 Å². The summed E-state index contributed by atoms with van der Waals surface area (Å²) in [5.41, 5.74) is 2.44. The van der Waals surface area contributed by atoms with Crippen LogP contribution in [0.4, 0.5) is 0 Å². The maximum Gasteiger partial charge on any atom is 0.355 e. The second-order valence-electron chi connectivity index (χ2n) is 4.92. The second kappa shape index (κ2) is 8.26. The number of para-hydroxylation sites is 1. The van der Waals surface area contributed by atoms with E-state index in [4.69, 9.17) is 0 Å². The summed E-state index contributed by atoms with van der Waals surface area (Å²) in [7, 11) is 1.15. The fraction of sp³-hybridized carbons (Fsp3) is 0.111. The van der Waals surface area contributed by atoms with Crippen molar-refractivity contribution in [1.82, 2.24) is 5.43 Å². The molecule has 2 aromatic carbocycles. The van der Waals surface area contributed by atoms with Gasteiger partial charge in [-0.05, 0) is 17.7 Å². The number of amides is 1. The van der Waals surface area contributed by atoms with Gasteiger partial charge >= 0.3 is 5.97 Å². The Morgan fingerprint density at radius 1 is 1.16 bits per heavy atom. The van der Waals surface area contributed by atoms with E-state index in [9.17, 15) is 20.0 Å². The zero-order chi connectivity index (χ0) is 18.2. The predicted octanol–water partition coefficient (Wildman–Crippen LogP) is 1.96. The lowest BCUT2D eigenvalue weighted by Gasteiger charge is -2.11. The number of esters is 1. The monoisotopic (exact) mass is 337 g/mol. The largest absolute Gasteiger partial charge is 0.507 e. The Hall–Kier alpha value is -3.66. The molecule has 0 aliphatic carbocycles. The molecule has 0 saturated carbocycles. The van der Waals surface area contributed by atoms with Crippen molar-refractivity contribution in [3.8, 4) is 11.8 Å². The summed E-state index contributed by atoms with van der Waals surface area (Å²) >= 11 is 0. The molecule has 0 aromatic heterocycles. The lowest BCUT2D eigenvalue weighted by atomic mass is 9.95. The van der Waals surface area contributed by atoms with Gasteiger partial charge in [-0.3, -0.25) is 4.79 Å². The van der Waals surface area contributed by atoms with Gasteiger partial charge < -0.3 is 9.84 Å². The number of carbonyl (C=O) groups excluding carboxylic acids is 2. The highest BCUT2D eigenvalue weighted by Gasteiger charge is 2.26. The molecule has 0 spiro atoms. The molecule has 0 bridgehead atoms. The molecule has 0 saturated heterocycles. The molecule has 126 valence electrons. The van der Waals surface area contributed by atoms with Crippen LogP contribution in [0.15, 0.2) is 59.7 Å². The Bertz CT molecular complexity index is 841. The molecule has 25 heavy (non-hydrogen) atoms. The molecule has 0 radical (unpaired) electrons. The zero-order valence-electron chi connectivity index (χ0n) is 13.3. The first-order chi connectivity index (χ1) is 12.1. The van der Waals surface area contributed by atoms with Gasteiger partial charge in [-0.15, -0.1) is 0 Å². The molecule has 0 fully saturated rings. The van der Waals surface area contributed by atoms with Crippen LogP contribution in [0.1, 0.15) is 21.8 Å². The number of nitriles is 1. The standard InChI is InChI=1S/C18H15N3O4/c1-25-18(24)16(14(11-19)12-7-3-2-4-8-12)20-21-17(23)13-9-5-6-10-15(13)22/h2-10,14,22H,1H3,(H,21,23)/b20-16+/t14-/m0/s1. The van der Waals surface area contributed by atoms with E-state index in [0.29, 0.717) is 5.56 Å². The number of nitrogens with zero attached hydrogens (tertiary/aromatic N) is 2. The molecule has 2 rings (SSSR count). The van der Waals surface area contributed by atoms with Gasteiger partial charge in [-0.25, -0.2) is 10.2 Å². The number of carbonyl (C=O) groups is 2. The van der Waals surface area contributed by atoms with Gasteiger partial charge in [0.05, 0.1) is 18.7 Å². The van der Waals surface area contributed by atoms with Crippen molar-refractivity contribution in [2.75, 3.05) is 7.11 Å². The molecule has 0 unspecified atom stereocenters. The first-order valence-electron chi connectivity index (χ1n) is 7.27. The molecule has 0 aliphatic heterocycles. The lowest BCUT2D eigenvalue weighted by Crippen LogP contribution is -2.28. The molecule has 1 amide bonds. The average molecular weight is 337 g/mol. The summed E-state index contributed by atoms with van der Waals surface area (Å²) in [6, 6.07) is 16.4. The van der Waals surface area contributed by atoms with Crippen molar-refractivity contribution in [3.05, 3.63) is 65.7 Å². The van der Waals surface area contributed by atoms with Gasteiger partial charge in [0.1, 0.15) is 11.7 Å². The summed E-state index contributed by atoms with van der Waals surface area (Å²) in [5, 5.41) is 22.9. The number of phenolic OH excluding ortho intramolecular Hbond substituents is 1. The number of ether oxygens (including phenoxy) is 1. The molecule has 2 N–H and O–H groups in total. The number of benzene rings is 2. The van der Waals surface area contributed by atoms with Crippen LogP contribution in [0, 0.1) is 11.3 Å². The zero-order valence-corrected chi connectivity index (χ0v) is 13.3. The van der Waals surface area contributed by atoms with Gasteiger partial charge in [0, 0.05) is 0 Å². The summed E-state index contributed by atoms with van der Waals surface area (Å²) in [6.45, 7) is 0. The topological polar surface area (TPSA) is 112 Å². The van der Waals surface area contributed by atoms with E-state index in [0.717, 1.165) is 7.11 Å². The highest BCUT2D eigenvalue weighted by Crippen LogP contribution is 2.18. The Morgan fingerprint density at radius 3 is 2.40 bits per heavy atom. The Morgan fingerprint density at radius 2 is 1.80 bits per heavy atom. The van der Waals surface area contributed by atoms with E-state index in [2.05, 4.69) is 15.3 Å². The maximum atomic E-state index is 12.1. The van der Waals surface area contributed by atoms with Crippen LogP contribution in [-0.4, -0.2) is 29.8 Å². The number of phenols is 1. The summed E-state index contributed by atoms with van der Waals surface area (Å²) < 4.78 is 4.66. The van der Waals surface area contributed by atoms with Gasteiger partial charge in [-0.2, -0.15) is 10.4 Å². The number of hydrazone groups is 1. The summed E-state index contributed by atoms with van der Waals surface area (Å²) in [6.07, 6.45) is 0. The third-order valence-electron chi connectivity index (χ3n) is 3.36. The van der Waals surface area contributed by atoms with Crippen molar-refractivity contribution in [3.63, 3.8) is 0 Å². The van der Waals surface area contributed by atoms with Crippen molar-refractivity contribution >= 4 is 17.6 Å². The third-order valence-corrected chi connectivity index (χ3v) is 3.36. The molecular weight excluding hydrogens is 322 g/mol. The van der Waals surface area contributed by atoms with Crippen molar-refractivity contribution in [2.24, 2.45) is 5.10 Å². The first-order valence-corrected chi connectivity index (χ1v) is 7.27. The van der Waals surface area contributed by atoms with E-state index >= 15 is 0 Å². The van der Waals surface area contributed by atoms with Gasteiger partial charge in [0.25, 0.3) is 5.91 Å². The van der Waals surface area contributed by atoms with E-state index < -0.39 is 17.8 Å². The van der Waals surface area contributed by atoms with Crippen molar-refractivity contribution < 1.29 is 19.4 Å². The SMILES string of the molecule is COC(=O)/C(=N/NC(=O)c1ccccc1O)[C@@H](C#N)c1ccccc1. The van der Waals surface area contributed by atoms with Crippen LogP contribution in [-0.2, 0) is 9.53 Å². The summed E-state index contributed by atoms with van der Waals surface area (Å²) in [5.74, 6) is -2.80. The number of methoxy groups -OCH3 is 1. The first kappa shape index (κ1) is 17.7. The highest BCUT2D eigenvalue weighted by molar-refractivity contribution is 6.39. The fourth-order valence-corrected chi connectivity index (χ4v) is 2.11. The van der Waals surface area contributed by atoms with Gasteiger partial charge in [0.15, 0.2) is 5.71 Å². The molecule has 7 nitrogen and oxygen atoms in total. The van der Waals surface area contributed by atoms with Crippen LogP contribution < -0.4 is 5.43 Å². The van der Waals surface area contributed by atoms with E-state index in [1.807, 2.05) is 6.07 Å². The fourth-order valence-electron chi connectivity index (χ4n) is 2.11. The Balaban J connectivity index is 2.33. The number of hydrogen-bond acceptors (Lipinski definition) is 6. The molecular formula is C18H15N3O4. The summed E-state index contributed by atoms with van der Waals surface area (Å²) in [4.78, 5) is 24.1. The molecule has 7 heteroatoms. The number of nitrogens with one attached hydrogen (secondary N) is 1. The van der Waals surface area contributed by atoms with E-state index in [-0.39, 0.29) is 17.0 Å². The normalized spacial score (nSPS) is 11.9. The predicted molar refractivity (Wildman–Crippen MR) is 89.8 cm³/mol. The minimum Gasteiger partial charge on any atom is -0.507 e. The quantitative estimate of drug-likeness (QED) is 0.492. The van der Waals surface area contributed by atoms with Crippen LogP contribution in [0.3, 0.4) is 0 Å². The minimum atomic E-state index is -1.02. The van der Waals surface area contributed by atoms with Gasteiger partial charge in [-0.1, -0.05) is 42.5 Å². The number of aromatic hydroxyl groups is 1. The van der Waals surface area contributed by atoms with Crippen molar-refractivity contribution in [2.45, 2.75) is 5.92 Å². The molecule has 0 heterocycles. The average Bonchev–Trinajstić information content (AvgIpc) is 2.65. The molecule has 2 aromatic rings. The van der Waals surface area contributed by atoms with Crippen LogP contribution in [0.2, 0.25) is 0 Å². The molecule has 0 aliphatic rings. The van der Waals surface area contributed by atoms with E-state index in [1.54, 1.807) is 42.5 Å². The number of hydrogen-bond donors (Lipinski definition) is 2. The minimum absolute atomic E-state index is 0.0105. The van der Waals surface area contributed by atoms with Gasteiger partial charge in [0.2, 0.25) is 0 Å².